The van der Waals surface area contributed by atoms with Crippen LogP contribution in [0, 0.1) is 5.92 Å². The van der Waals surface area contributed by atoms with Crippen molar-refractivity contribution in [2.24, 2.45) is 5.92 Å². The van der Waals surface area contributed by atoms with Gasteiger partial charge in [-0.3, -0.25) is 9.69 Å². The van der Waals surface area contributed by atoms with E-state index >= 15 is 0 Å². The van der Waals surface area contributed by atoms with Crippen LogP contribution in [-0.4, -0.2) is 41.0 Å². The predicted molar refractivity (Wildman–Crippen MR) is 92.0 cm³/mol. The van der Waals surface area contributed by atoms with Crippen molar-refractivity contribution >= 4 is 17.5 Å². The Hall–Kier alpha value is -1.85. The number of oxazole rings is 1. The first-order valence-electron chi connectivity index (χ1n) is 8.38. The first-order valence-corrected chi connectivity index (χ1v) is 8.76. The van der Waals surface area contributed by atoms with Gasteiger partial charge in [0.05, 0.1) is 6.20 Å². The van der Waals surface area contributed by atoms with Gasteiger partial charge in [-0.2, -0.15) is 0 Å². The average Bonchev–Trinajstić information content (AvgIpc) is 3.09. The van der Waals surface area contributed by atoms with Crippen LogP contribution in [0.4, 0.5) is 0 Å². The number of aromatic nitrogens is 1. The summed E-state index contributed by atoms with van der Waals surface area (Å²) in [5.74, 6) is 0.962. The lowest BCUT2D eigenvalue weighted by molar-refractivity contribution is 0.0210. The maximum atomic E-state index is 12.5. The molecule has 3 aliphatic heterocycles. The quantitative estimate of drug-likeness (QED) is 0.928. The topological polar surface area (TPSA) is 58.4 Å². The predicted octanol–water partition coefficient (Wildman–Crippen LogP) is 3.21. The Bertz CT molecular complexity index is 750. The smallest absolute Gasteiger partial charge is 0.307 e. The van der Waals surface area contributed by atoms with E-state index in [0.717, 1.165) is 31.5 Å². The molecule has 2 aromatic rings. The number of rotatable bonds is 3. The van der Waals surface area contributed by atoms with Crippen LogP contribution in [0.1, 0.15) is 30.5 Å². The number of carbonyl (C=O) groups excluding carboxylic acids is 1. The number of piperidine rings is 3. The van der Waals surface area contributed by atoms with E-state index in [1.54, 1.807) is 18.3 Å². The van der Waals surface area contributed by atoms with E-state index in [1.807, 2.05) is 12.1 Å². The SMILES string of the molecule is C[C@H]1[C@H](NC(=O)c2ncc(-c3cccc(Cl)c3)o2)C2CCN1CC2. The van der Waals surface area contributed by atoms with Crippen LogP contribution >= 0.6 is 11.6 Å². The number of hydrogen-bond donors (Lipinski definition) is 1. The molecule has 0 aliphatic carbocycles. The van der Waals surface area contributed by atoms with Gasteiger partial charge in [0.2, 0.25) is 0 Å². The zero-order valence-corrected chi connectivity index (χ0v) is 14.3. The van der Waals surface area contributed by atoms with E-state index in [4.69, 9.17) is 16.0 Å². The summed E-state index contributed by atoms with van der Waals surface area (Å²) in [5, 5.41) is 3.75. The van der Waals surface area contributed by atoms with E-state index in [1.165, 1.54) is 0 Å². The van der Waals surface area contributed by atoms with Gasteiger partial charge in [0.1, 0.15) is 0 Å². The van der Waals surface area contributed by atoms with Crippen LogP contribution in [0.2, 0.25) is 5.02 Å². The highest BCUT2D eigenvalue weighted by Gasteiger charge is 2.40. The number of halogens is 1. The highest BCUT2D eigenvalue weighted by molar-refractivity contribution is 6.30. The molecule has 4 heterocycles. The fourth-order valence-electron chi connectivity index (χ4n) is 3.91. The summed E-state index contributed by atoms with van der Waals surface area (Å²) in [4.78, 5) is 19.1. The molecule has 1 aromatic carbocycles. The molecule has 0 radical (unpaired) electrons. The lowest BCUT2D eigenvalue weighted by atomic mass is 9.79. The van der Waals surface area contributed by atoms with Crippen molar-refractivity contribution in [3.63, 3.8) is 0 Å². The maximum Gasteiger partial charge on any atom is 0.307 e. The number of nitrogens with zero attached hydrogens (tertiary/aromatic N) is 2. The van der Waals surface area contributed by atoms with E-state index in [9.17, 15) is 4.79 Å². The van der Waals surface area contributed by atoms with Gasteiger partial charge in [-0.25, -0.2) is 4.98 Å². The molecule has 0 unspecified atom stereocenters. The van der Waals surface area contributed by atoms with Crippen LogP contribution in [0.5, 0.6) is 0 Å². The Morgan fingerprint density at radius 3 is 2.88 bits per heavy atom. The molecule has 3 fully saturated rings. The van der Waals surface area contributed by atoms with Crippen LogP contribution in [0.15, 0.2) is 34.9 Å². The third-order valence-corrected chi connectivity index (χ3v) is 5.52. The zero-order valence-electron chi connectivity index (χ0n) is 13.5. The molecule has 1 amide bonds. The summed E-state index contributed by atoms with van der Waals surface area (Å²) in [5.41, 5.74) is 0.810. The lowest BCUT2D eigenvalue weighted by Gasteiger charge is -2.49. The summed E-state index contributed by atoms with van der Waals surface area (Å²) in [6, 6.07) is 7.84. The molecule has 1 N–H and O–H groups in total. The molecule has 6 heteroatoms. The van der Waals surface area contributed by atoms with Crippen LogP contribution in [0.25, 0.3) is 11.3 Å². The van der Waals surface area contributed by atoms with Crippen LogP contribution in [-0.2, 0) is 0 Å². The van der Waals surface area contributed by atoms with Crippen molar-refractivity contribution in [3.05, 3.63) is 41.4 Å². The highest BCUT2D eigenvalue weighted by atomic mass is 35.5. The molecule has 24 heavy (non-hydrogen) atoms. The van der Waals surface area contributed by atoms with Gasteiger partial charge in [-0.15, -0.1) is 0 Å². The van der Waals surface area contributed by atoms with Gasteiger partial charge in [0.25, 0.3) is 5.89 Å². The molecule has 2 atom stereocenters. The van der Waals surface area contributed by atoms with Gasteiger partial charge in [0.15, 0.2) is 5.76 Å². The molecule has 3 saturated heterocycles. The Labute approximate surface area is 146 Å². The summed E-state index contributed by atoms with van der Waals surface area (Å²) in [6.07, 6.45) is 3.86. The number of hydrogen-bond acceptors (Lipinski definition) is 4. The monoisotopic (exact) mass is 345 g/mol. The fraction of sp³-hybridized carbons (Fsp3) is 0.444. The minimum Gasteiger partial charge on any atom is -0.432 e. The van der Waals surface area contributed by atoms with E-state index in [2.05, 4.69) is 22.1 Å². The third kappa shape index (κ3) is 2.82. The van der Waals surface area contributed by atoms with Gasteiger partial charge in [0, 0.05) is 22.7 Å². The molecular formula is C18H20ClN3O2. The third-order valence-electron chi connectivity index (χ3n) is 5.28. The van der Waals surface area contributed by atoms with Gasteiger partial charge in [-0.1, -0.05) is 23.7 Å². The molecule has 0 saturated carbocycles. The molecule has 2 bridgehead atoms. The number of fused-ring (bicyclic) bond motifs is 3. The largest absolute Gasteiger partial charge is 0.432 e. The Morgan fingerprint density at radius 1 is 1.38 bits per heavy atom. The Kier molecular flexibility index (Phi) is 4.06. The zero-order chi connectivity index (χ0) is 16.7. The summed E-state index contributed by atoms with van der Waals surface area (Å²) in [7, 11) is 0. The minimum absolute atomic E-state index is 0.105. The molecule has 5 nitrogen and oxygen atoms in total. The van der Waals surface area contributed by atoms with Gasteiger partial charge in [-0.05, 0) is 50.9 Å². The summed E-state index contributed by atoms with van der Waals surface area (Å²) >= 11 is 6.00. The van der Waals surface area contributed by atoms with Crippen molar-refractivity contribution < 1.29 is 9.21 Å². The van der Waals surface area contributed by atoms with E-state index in [-0.39, 0.29) is 17.8 Å². The first-order chi connectivity index (χ1) is 11.6. The van der Waals surface area contributed by atoms with Crippen LogP contribution in [0.3, 0.4) is 0 Å². The normalized spacial score (nSPS) is 28.8. The average molecular weight is 346 g/mol. The molecule has 0 spiro atoms. The van der Waals surface area contributed by atoms with Gasteiger partial charge < -0.3 is 9.73 Å². The van der Waals surface area contributed by atoms with Crippen molar-refractivity contribution in [3.8, 4) is 11.3 Å². The van der Waals surface area contributed by atoms with Crippen molar-refractivity contribution in [2.45, 2.75) is 31.8 Å². The number of amides is 1. The van der Waals surface area contributed by atoms with Crippen LogP contribution < -0.4 is 5.32 Å². The second kappa shape index (κ2) is 6.22. The number of benzene rings is 1. The van der Waals surface area contributed by atoms with Crippen molar-refractivity contribution in [2.75, 3.05) is 13.1 Å². The first kappa shape index (κ1) is 15.7. The Morgan fingerprint density at radius 2 is 2.17 bits per heavy atom. The second-order valence-electron chi connectivity index (χ2n) is 6.65. The molecule has 5 rings (SSSR count). The van der Waals surface area contributed by atoms with Crippen molar-refractivity contribution in [1.29, 1.82) is 0 Å². The standard InChI is InChI=1S/C18H20ClN3O2/c1-11-16(12-5-7-22(11)8-6-12)21-17(23)18-20-10-15(24-18)13-3-2-4-14(19)9-13/h2-4,9-12,16H,5-8H2,1H3,(H,21,23)/t11-,16-/m0/s1. The fourth-order valence-corrected chi connectivity index (χ4v) is 4.10. The minimum atomic E-state index is -0.242. The molecule has 3 aliphatic rings. The number of carbonyl (C=O) groups is 1. The van der Waals surface area contributed by atoms with Gasteiger partial charge >= 0.3 is 5.91 Å². The summed E-state index contributed by atoms with van der Waals surface area (Å²) in [6.45, 7) is 4.45. The van der Waals surface area contributed by atoms with E-state index < -0.39 is 0 Å². The summed E-state index contributed by atoms with van der Waals surface area (Å²) < 4.78 is 5.65. The Balaban J connectivity index is 1.49. The highest BCUT2D eigenvalue weighted by Crippen LogP contribution is 2.32. The lowest BCUT2D eigenvalue weighted by Crippen LogP contribution is -2.62. The molecular weight excluding hydrogens is 326 g/mol. The maximum absolute atomic E-state index is 12.5. The van der Waals surface area contributed by atoms with E-state index in [0.29, 0.717) is 22.7 Å². The number of nitrogens with one attached hydrogen (secondary N) is 1. The van der Waals surface area contributed by atoms with Crippen molar-refractivity contribution in [1.82, 2.24) is 15.2 Å². The molecule has 126 valence electrons. The molecule has 1 aromatic heterocycles. The second-order valence-corrected chi connectivity index (χ2v) is 7.09.